The van der Waals surface area contributed by atoms with Crippen LogP contribution in [0.4, 0.5) is 0 Å². The van der Waals surface area contributed by atoms with Crippen LogP contribution in [0.1, 0.15) is 12.1 Å². The minimum atomic E-state index is -0.845. The van der Waals surface area contributed by atoms with Crippen LogP contribution in [0.2, 0.25) is 0 Å². The van der Waals surface area contributed by atoms with Crippen molar-refractivity contribution in [2.45, 2.75) is 26.0 Å². The lowest BCUT2D eigenvalue weighted by Crippen LogP contribution is -2.29. The van der Waals surface area contributed by atoms with Gasteiger partial charge in [0.05, 0.1) is 0 Å². The minimum absolute atomic E-state index is 0.0913. The largest absolute Gasteiger partial charge is 0.479 e. The number of aromatic nitrogens is 1. The molecule has 1 aliphatic rings. The predicted octanol–water partition coefficient (Wildman–Crippen LogP) is 1.29. The van der Waals surface area contributed by atoms with E-state index in [4.69, 9.17) is 9.84 Å². The number of hydrogen-bond donors (Lipinski definition) is 1. The van der Waals surface area contributed by atoms with Gasteiger partial charge in [-0.05, 0) is 25.5 Å². The van der Waals surface area contributed by atoms with Crippen LogP contribution >= 0.6 is 0 Å². The van der Waals surface area contributed by atoms with Crippen molar-refractivity contribution < 1.29 is 14.6 Å². The van der Waals surface area contributed by atoms with Crippen molar-refractivity contribution in [3.8, 4) is 0 Å². The van der Waals surface area contributed by atoms with Gasteiger partial charge >= 0.3 is 5.97 Å². The van der Waals surface area contributed by atoms with E-state index in [1.54, 1.807) is 0 Å². The summed E-state index contributed by atoms with van der Waals surface area (Å²) in [6.07, 6.45) is 2.17. The molecular weight excluding hydrogens is 194 g/mol. The molecule has 1 N–H and O–H groups in total. The molecule has 0 spiro atoms. The summed E-state index contributed by atoms with van der Waals surface area (Å²) in [5.41, 5.74) is 1.16. The lowest BCUT2D eigenvalue weighted by Gasteiger charge is -2.16. The Morgan fingerprint density at radius 3 is 3.13 bits per heavy atom. The van der Waals surface area contributed by atoms with Gasteiger partial charge in [-0.1, -0.05) is 0 Å². The van der Waals surface area contributed by atoms with Gasteiger partial charge in [0.25, 0.3) is 0 Å². The van der Waals surface area contributed by atoms with Crippen LogP contribution in [0.25, 0.3) is 0 Å². The van der Waals surface area contributed by atoms with Gasteiger partial charge in [-0.3, -0.25) is 0 Å². The van der Waals surface area contributed by atoms with Gasteiger partial charge < -0.3 is 14.4 Å². The van der Waals surface area contributed by atoms with E-state index in [-0.39, 0.29) is 5.92 Å². The summed E-state index contributed by atoms with van der Waals surface area (Å²) in [6.45, 7) is 3.31. The number of aryl methyl sites for hydroxylation is 1. The highest BCUT2D eigenvalue weighted by Crippen LogP contribution is 2.23. The molecule has 1 aromatic heterocycles. The lowest BCUT2D eigenvalue weighted by atomic mass is 10.0. The summed E-state index contributed by atoms with van der Waals surface area (Å²) in [4.78, 5) is 10.9. The standard InChI is InChI=1S/C11H15NO3/c1-8-3-2-5-12(8)7-9-4-6-15-10(9)11(13)14/h2-3,5,9-10H,4,6-7H2,1H3,(H,13,14)/t9-,10-/m0/s1. The van der Waals surface area contributed by atoms with Crippen LogP contribution in [-0.2, 0) is 16.1 Å². The molecule has 15 heavy (non-hydrogen) atoms. The van der Waals surface area contributed by atoms with E-state index in [1.165, 1.54) is 0 Å². The van der Waals surface area contributed by atoms with Gasteiger partial charge in [-0.15, -0.1) is 0 Å². The van der Waals surface area contributed by atoms with E-state index in [0.717, 1.165) is 18.7 Å². The molecule has 0 aliphatic carbocycles. The maximum Gasteiger partial charge on any atom is 0.333 e. The summed E-state index contributed by atoms with van der Waals surface area (Å²) in [6, 6.07) is 3.99. The molecule has 2 rings (SSSR count). The number of carboxylic acid groups (broad SMARTS) is 1. The summed E-state index contributed by atoms with van der Waals surface area (Å²) in [7, 11) is 0. The highest BCUT2D eigenvalue weighted by molar-refractivity contribution is 5.73. The molecule has 4 heteroatoms. The normalized spacial score (nSPS) is 25.7. The molecule has 1 aromatic rings. The first-order valence-corrected chi connectivity index (χ1v) is 5.14. The molecular formula is C11H15NO3. The van der Waals surface area contributed by atoms with Crippen molar-refractivity contribution in [3.63, 3.8) is 0 Å². The molecule has 0 bridgehead atoms. The van der Waals surface area contributed by atoms with Gasteiger partial charge in [0, 0.05) is 31.0 Å². The van der Waals surface area contributed by atoms with Crippen LogP contribution in [0, 0.1) is 12.8 Å². The number of rotatable bonds is 3. The van der Waals surface area contributed by atoms with E-state index >= 15 is 0 Å². The first-order valence-electron chi connectivity index (χ1n) is 5.14. The Morgan fingerprint density at radius 2 is 2.53 bits per heavy atom. The Kier molecular flexibility index (Phi) is 2.77. The van der Waals surface area contributed by atoms with Crippen LogP contribution in [0.15, 0.2) is 18.3 Å². The Bertz CT molecular complexity index is 358. The zero-order chi connectivity index (χ0) is 10.8. The third-order valence-corrected chi connectivity index (χ3v) is 2.95. The fourth-order valence-electron chi connectivity index (χ4n) is 2.05. The summed E-state index contributed by atoms with van der Waals surface area (Å²) in [5, 5.41) is 8.95. The number of nitrogens with zero attached hydrogens (tertiary/aromatic N) is 1. The zero-order valence-electron chi connectivity index (χ0n) is 8.72. The van der Waals surface area contributed by atoms with E-state index in [9.17, 15) is 4.79 Å². The maximum atomic E-state index is 10.9. The van der Waals surface area contributed by atoms with Gasteiger partial charge in [0.2, 0.25) is 0 Å². The number of carbonyl (C=O) groups is 1. The molecule has 0 saturated carbocycles. The van der Waals surface area contributed by atoms with Crippen LogP contribution in [0.5, 0.6) is 0 Å². The second-order valence-corrected chi connectivity index (χ2v) is 3.98. The lowest BCUT2D eigenvalue weighted by molar-refractivity contribution is -0.149. The topological polar surface area (TPSA) is 51.5 Å². The van der Waals surface area contributed by atoms with E-state index in [2.05, 4.69) is 4.57 Å². The highest BCUT2D eigenvalue weighted by atomic mass is 16.5. The van der Waals surface area contributed by atoms with Gasteiger partial charge in [-0.2, -0.15) is 0 Å². The molecule has 0 amide bonds. The van der Waals surface area contributed by atoms with Crippen molar-refractivity contribution in [2.75, 3.05) is 6.61 Å². The Labute approximate surface area is 88.5 Å². The van der Waals surface area contributed by atoms with E-state index in [1.807, 2.05) is 25.3 Å². The third kappa shape index (κ3) is 2.04. The van der Waals surface area contributed by atoms with Crippen molar-refractivity contribution in [2.24, 2.45) is 5.92 Å². The molecule has 1 fully saturated rings. The van der Waals surface area contributed by atoms with Crippen molar-refractivity contribution >= 4 is 5.97 Å². The average Bonchev–Trinajstić information content (AvgIpc) is 2.77. The molecule has 0 aromatic carbocycles. The Hall–Kier alpha value is -1.29. The highest BCUT2D eigenvalue weighted by Gasteiger charge is 2.34. The van der Waals surface area contributed by atoms with Crippen LogP contribution < -0.4 is 0 Å². The molecule has 82 valence electrons. The average molecular weight is 209 g/mol. The molecule has 4 nitrogen and oxygen atoms in total. The number of aliphatic carboxylic acids is 1. The fraction of sp³-hybridized carbons (Fsp3) is 0.545. The number of ether oxygens (including phenoxy) is 1. The quantitative estimate of drug-likeness (QED) is 0.816. The van der Waals surface area contributed by atoms with Gasteiger partial charge in [0.15, 0.2) is 6.10 Å². The second kappa shape index (κ2) is 4.06. The molecule has 2 heterocycles. The molecule has 1 aliphatic heterocycles. The Balaban J connectivity index is 2.06. The predicted molar refractivity (Wildman–Crippen MR) is 54.7 cm³/mol. The second-order valence-electron chi connectivity index (χ2n) is 3.98. The fourth-order valence-corrected chi connectivity index (χ4v) is 2.05. The molecule has 0 unspecified atom stereocenters. The molecule has 0 radical (unpaired) electrons. The van der Waals surface area contributed by atoms with Crippen LogP contribution in [0.3, 0.4) is 0 Å². The first kappa shape index (κ1) is 10.2. The van der Waals surface area contributed by atoms with Crippen molar-refractivity contribution in [3.05, 3.63) is 24.0 Å². The molecule has 2 atom stereocenters. The van der Waals surface area contributed by atoms with Gasteiger partial charge in [-0.25, -0.2) is 4.79 Å². The summed E-state index contributed by atoms with van der Waals surface area (Å²) < 4.78 is 7.28. The SMILES string of the molecule is Cc1cccn1C[C@@H]1CCO[C@@H]1C(=O)O. The Morgan fingerprint density at radius 1 is 1.73 bits per heavy atom. The number of hydrogen-bond acceptors (Lipinski definition) is 2. The summed E-state index contributed by atoms with van der Waals surface area (Å²) in [5.74, 6) is -0.754. The van der Waals surface area contributed by atoms with E-state index < -0.39 is 12.1 Å². The maximum absolute atomic E-state index is 10.9. The molecule has 1 saturated heterocycles. The minimum Gasteiger partial charge on any atom is -0.479 e. The van der Waals surface area contributed by atoms with Gasteiger partial charge in [0.1, 0.15) is 0 Å². The summed E-state index contributed by atoms with van der Waals surface area (Å²) >= 11 is 0. The number of carboxylic acids is 1. The monoisotopic (exact) mass is 209 g/mol. The van der Waals surface area contributed by atoms with Crippen molar-refractivity contribution in [1.29, 1.82) is 0 Å². The van der Waals surface area contributed by atoms with Crippen LogP contribution in [-0.4, -0.2) is 28.4 Å². The smallest absolute Gasteiger partial charge is 0.333 e. The van der Waals surface area contributed by atoms with Crippen molar-refractivity contribution in [1.82, 2.24) is 4.57 Å². The van der Waals surface area contributed by atoms with E-state index in [0.29, 0.717) is 6.61 Å². The zero-order valence-corrected chi connectivity index (χ0v) is 8.72. The third-order valence-electron chi connectivity index (χ3n) is 2.95. The first-order chi connectivity index (χ1) is 7.18.